The van der Waals surface area contributed by atoms with Crippen LogP contribution in [0.5, 0.6) is 0 Å². The van der Waals surface area contributed by atoms with Crippen molar-refractivity contribution in [1.82, 2.24) is 0 Å². The predicted octanol–water partition coefficient (Wildman–Crippen LogP) is 0.998. The first-order valence-corrected chi connectivity index (χ1v) is 2.55. The van der Waals surface area contributed by atoms with Gasteiger partial charge in [0.15, 0.2) is 0 Å². The maximum Gasteiger partial charge on any atom is 0.150 e. The highest BCUT2D eigenvalue weighted by atomic mass is 16.1. The number of carbonyl (C=O) groups excluding carboxylic acids is 1. The summed E-state index contributed by atoms with van der Waals surface area (Å²) in [7, 11) is 1.64. The van der Waals surface area contributed by atoms with Crippen LogP contribution in [0.4, 0.5) is 0 Å². The average Bonchev–Trinajstić information content (AvgIpc) is 1.91. The summed E-state index contributed by atoms with van der Waals surface area (Å²) in [6.45, 7) is 3.42. The van der Waals surface area contributed by atoms with Crippen molar-refractivity contribution in [3.8, 4) is 0 Å². The van der Waals surface area contributed by atoms with Crippen molar-refractivity contribution in [1.29, 1.82) is 0 Å². The highest BCUT2D eigenvalue weighted by Gasteiger charge is 1.80. The summed E-state index contributed by atoms with van der Waals surface area (Å²) in [5, 5.41) is 0. The standard InChI is InChI=1S/C7H9NO/c1-3-7(6-9)4-5-8-2/h3-6H,1H2,2H3/b7-4+,8-5-. The summed E-state index contributed by atoms with van der Waals surface area (Å²) in [4.78, 5) is 13.7. The van der Waals surface area contributed by atoms with Gasteiger partial charge in [0.05, 0.1) is 0 Å². The maximum absolute atomic E-state index is 10.0. The van der Waals surface area contributed by atoms with Gasteiger partial charge in [-0.05, 0) is 6.08 Å². The molecular weight excluding hydrogens is 114 g/mol. The smallest absolute Gasteiger partial charge is 0.150 e. The van der Waals surface area contributed by atoms with Crippen molar-refractivity contribution >= 4 is 12.5 Å². The average molecular weight is 123 g/mol. The molecule has 0 saturated carbocycles. The molecule has 0 atom stereocenters. The summed E-state index contributed by atoms with van der Waals surface area (Å²) < 4.78 is 0. The number of aliphatic imine (C=N–C) groups is 1. The first-order valence-electron chi connectivity index (χ1n) is 2.55. The first-order chi connectivity index (χ1) is 4.35. The van der Waals surface area contributed by atoms with Gasteiger partial charge in [-0.2, -0.15) is 0 Å². The molecule has 0 radical (unpaired) electrons. The van der Waals surface area contributed by atoms with Crippen LogP contribution in [0.3, 0.4) is 0 Å². The molecule has 9 heavy (non-hydrogen) atoms. The lowest BCUT2D eigenvalue weighted by Gasteiger charge is -1.80. The van der Waals surface area contributed by atoms with Crippen LogP contribution in [0.15, 0.2) is 29.3 Å². The Labute approximate surface area is 54.6 Å². The van der Waals surface area contributed by atoms with Crippen molar-refractivity contribution in [3.63, 3.8) is 0 Å². The van der Waals surface area contributed by atoms with Gasteiger partial charge in [-0.1, -0.05) is 12.7 Å². The van der Waals surface area contributed by atoms with E-state index in [-0.39, 0.29) is 0 Å². The third-order valence-electron chi connectivity index (χ3n) is 0.788. The van der Waals surface area contributed by atoms with E-state index in [0.29, 0.717) is 5.57 Å². The highest BCUT2D eigenvalue weighted by molar-refractivity contribution is 5.86. The highest BCUT2D eigenvalue weighted by Crippen LogP contribution is 1.85. The van der Waals surface area contributed by atoms with E-state index in [9.17, 15) is 4.79 Å². The topological polar surface area (TPSA) is 29.4 Å². The quantitative estimate of drug-likeness (QED) is 0.238. The largest absolute Gasteiger partial charge is 0.298 e. The number of allylic oxidation sites excluding steroid dienone is 3. The lowest BCUT2D eigenvalue weighted by Crippen LogP contribution is -1.77. The van der Waals surface area contributed by atoms with E-state index in [4.69, 9.17) is 0 Å². The first kappa shape index (κ1) is 7.82. The van der Waals surface area contributed by atoms with Crippen molar-refractivity contribution in [2.45, 2.75) is 0 Å². The van der Waals surface area contributed by atoms with Gasteiger partial charge in [0.25, 0.3) is 0 Å². The van der Waals surface area contributed by atoms with Gasteiger partial charge in [-0.15, -0.1) is 0 Å². The lowest BCUT2D eigenvalue weighted by molar-refractivity contribution is -0.104. The Morgan fingerprint density at radius 3 is 2.67 bits per heavy atom. The molecule has 0 aromatic rings. The molecule has 0 aromatic heterocycles. The zero-order valence-corrected chi connectivity index (χ0v) is 5.37. The Morgan fingerprint density at radius 1 is 1.67 bits per heavy atom. The Hall–Kier alpha value is -1.18. The number of aldehydes is 1. The Bertz CT molecular complexity index is 146. The van der Waals surface area contributed by atoms with Gasteiger partial charge >= 0.3 is 0 Å². The minimum atomic E-state index is 0.542. The molecule has 0 rings (SSSR count). The van der Waals surface area contributed by atoms with Gasteiger partial charge < -0.3 is 0 Å². The van der Waals surface area contributed by atoms with Crippen LogP contribution in [0.2, 0.25) is 0 Å². The van der Waals surface area contributed by atoms with Gasteiger partial charge in [-0.25, -0.2) is 0 Å². The van der Waals surface area contributed by atoms with E-state index in [1.807, 2.05) is 0 Å². The second-order valence-electron chi connectivity index (χ2n) is 1.40. The Balaban J connectivity index is 4.06. The third-order valence-corrected chi connectivity index (χ3v) is 0.788. The van der Waals surface area contributed by atoms with Crippen molar-refractivity contribution < 1.29 is 4.79 Å². The molecular formula is C7H9NO. The lowest BCUT2D eigenvalue weighted by atomic mass is 10.3. The zero-order valence-electron chi connectivity index (χ0n) is 5.37. The molecule has 2 heteroatoms. The minimum absolute atomic E-state index is 0.542. The summed E-state index contributed by atoms with van der Waals surface area (Å²) in [6.07, 6.45) is 5.36. The molecule has 0 unspecified atom stereocenters. The van der Waals surface area contributed by atoms with E-state index in [0.717, 1.165) is 6.29 Å². The van der Waals surface area contributed by atoms with E-state index in [1.165, 1.54) is 6.08 Å². The van der Waals surface area contributed by atoms with Crippen LogP contribution in [-0.4, -0.2) is 19.5 Å². The molecule has 0 N–H and O–H groups in total. The van der Waals surface area contributed by atoms with Crippen LogP contribution in [-0.2, 0) is 4.79 Å². The number of hydrogen-bond donors (Lipinski definition) is 0. The molecule has 48 valence electrons. The van der Waals surface area contributed by atoms with Crippen LogP contribution in [0.1, 0.15) is 0 Å². The van der Waals surface area contributed by atoms with Gasteiger partial charge in [0.2, 0.25) is 0 Å². The molecule has 0 fully saturated rings. The monoisotopic (exact) mass is 123 g/mol. The van der Waals surface area contributed by atoms with E-state index in [1.54, 1.807) is 19.3 Å². The normalized spacial score (nSPS) is 11.9. The fourth-order valence-corrected chi connectivity index (χ4v) is 0.316. The predicted molar refractivity (Wildman–Crippen MR) is 38.8 cm³/mol. The molecule has 0 aliphatic heterocycles. The van der Waals surface area contributed by atoms with E-state index in [2.05, 4.69) is 11.6 Å². The zero-order chi connectivity index (χ0) is 7.11. The van der Waals surface area contributed by atoms with E-state index >= 15 is 0 Å². The van der Waals surface area contributed by atoms with Crippen molar-refractivity contribution in [2.24, 2.45) is 4.99 Å². The fourth-order valence-electron chi connectivity index (χ4n) is 0.316. The van der Waals surface area contributed by atoms with Crippen LogP contribution < -0.4 is 0 Å². The molecule has 0 bridgehead atoms. The number of rotatable bonds is 3. The van der Waals surface area contributed by atoms with Gasteiger partial charge in [0.1, 0.15) is 6.29 Å². The van der Waals surface area contributed by atoms with E-state index < -0.39 is 0 Å². The van der Waals surface area contributed by atoms with Crippen LogP contribution in [0, 0.1) is 0 Å². The SMILES string of the molecule is C=C/C(C=O)=C\C=N/C. The molecule has 0 amide bonds. The Kier molecular flexibility index (Phi) is 4.32. The van der Waals surface area contributed by atoms with Gasteiger partial charge in [0, 0.05) is 18.8 Å². The number of carbonyl (C=O) groups is 1. The second kappa shape index (κ2) is 4.97. The van der Waals surface area contributed by atoms with Crippen molar-refractivity contribution in [3.05, 3.63) is 24.3 Å². The maximum atomic E-state index is 10.0. The second-order valence-corrected chi connectivity index (χ2v) is 1.40. The minimum Gasteiger partial charge on any atom is -0.298 e. The summed E-state index contributed by atoms with van der Waals surface area (Å²) in [6, 6.07) is 0. The summed E-state index contributed by atoms with van der Waals surface area (Å²) in [5.74, 6) is 0. The third kappa shape index (κ3) is 3.41. The summed E-state index contributed by atoms with van der Waals surface area (Å²) in [5.41, 5.74) is 0.542. The fraction of sp³-hybridized carbons (Fsp3) is 0.143. The van der Waals surface area contributed by atoms with Crippen LogP contribution in [0.25, 0.3) is 0 Å². The molecule has 0 heterocycles. The Morgan fingerprint density at radius 2 is 2.33 bits per heavy atom. The molecule has 0 aliphatic rings. The molecule has 0 saturated heterocycles. The molecule has 0 spiro atoms. The molecule has 0 aliphatic carbocycles. The van der Waals surface area contributed by atoms with Gasteiger partial charge in [-0.3, -0.25) is 9.79 Å². The number of hydrogen-bond acceptors (Lipinski definition) is 2. The van der Waals surface area contributed by atoms with Crippen LogP contribution >= 0.6 is 0 Å². The molecule has 2 nitrogen and oxygen atoms in total. The molecule has 0 aromatic carbocycles. The number of nitrogens with zero attached hydrogens (tertiary/aromatic N) is 1. The summed E-state index contributed by atoms with van der Waals surface area (Å²) >= 11 is 0. The van der Waals surface area contributed by atoms with Crippen molar-refractivity contribution in [2.75, 3.05) is 7.05 Å².